The molecule has 0 aromatic rings. The van der Waals surface area contributed by atoms with Crippen LogP contribution >= 0.6 is 15.2 Å². The fourth-order valence-electron chi connectivity index (χ4n) is 1.57. The summed E-state index contributed by atoms with van der Waals surface area (Å²) in [6.07, 6.45) is 0. The lowest BCUT2D eigenvalue weighted by molar-refractivity contribution is -0.116. The van der Waals surface area contributed by atoms with Crippen molar-refractivity contribution < 1.29 is 36.8 Å². The van der Waals surface area contributed by atoms with E-state index >= 15 is 0 Å². The molecule has 0 fully saturated rings. The molecular formula is C11H23N2O8P2. The van der Waals surface area contributed by atoms with Crippen molar-refractivity contribution in [2.45, 2.75) is 27.7 Å². The average molecular weight is 373 g/mol. The Hall–Kier alpha value is -0.760. The SMILES string of the molecule is CCOP(=O)(OCC)[C](C(=O)NC(N)=O)P(=O)(OCC)OCC. The molecule has 0 atom stereocenters. The van der Waals surface area contributed by atoms with E-state index in [0.29, 0.717) is 0 Å². The summed E-state index contributed by atoms with van der Waals surface area (Å²) in [4.78, 5) is 23.2. The first kappa shape index (κ1) is 22.2. The monoisotopic (exact) mass is 373 g/mol. The van der Waals surface area contributed by atoms with Crippen molar-refractivity contribution in [3.05, 3.63) is 5.40 Å². The molecule has 3 N–H and O–H groups in total. The molecule has 0 saturated heterocycles. The molecule has 135 valence electrons. The smallest absolute Gasteiger partial charge is 0.351 e. The van der Waals surface area contributed by atoms with E-state index in [9.17, 15) is 18.7 Å². The number of primary amides is 1. The highest BCUT2D eigenvalue weighted by Gasteiger charge is 2.57. The van der Waals surface area contributed by atoms with E-state index in [2.05, 4.69) is 0 Å². The highest BCUT2D eigenvalue weighted by atomic mass is 31.2. The highest BCUT2D eigenvalue weighted by molar-refractivity contribution is 7.78. The number of urea groups is 1. The van der Waals surface area contributed by atoms with Crippen LogP contribution in [0.3, 0.4) is 0 Å². The Kier molecular flexibility index (Phi) is 9.84. The summed E-state index contributed by atoms with van der Waals surface area (Å²) < 4.78 is 45.9. The first-order valence-electron chi connectivity index (χ1n) is 6.97. The molecule has 0 unspecified atom stereocenters. The summed E-state index contributed by atoms with van der Waals surface area (Å²) in [5, 5.41) is 0.780. The zero-order valence-electron chi connectivity index (χ0n) is 13.6. The Morgan fingerprint density at radius 3 is 1.35 bits per heavy atom. The van der Waals surface area contributed by atoms with E-state index in [1.54, 1.807) is 5.32 Å². The molecule has 0 spiro atoms. The van der Waals surface area contributed by atoms with Gasteiger partial charge in [-0.2, -0.15) is 0 Å². The van der Waals surface area contributed by atoms with Crippen LogP contribution in [0.15, 0.2) is 0 Å². The summed E-state index contributed by atoms with van der Waals surface area (Å²) in [5.74, 6) is -1.30. The van der Waals surface area contributed by atoms with Gasteiger partial charge < -0.3 is 23.8 Å². The normalized spacial score (nSPS) is 12.4. The van der Waals surface area contributed by atoms with Gasteiger partial charge in [-0.05, 0) is 27.7 Å². The molecule has 0 aliphatic carbocycles. The molecule has 23 heavy (non-hydrogen) atoms. The maximum absolute atomic E-state index is 12.9. The van der Waals surface area contributed by atoms with Crippen LogP contribution in [0.25, 0.3) is 0 Å². The second-order valence-corrected chi connectivity index (χ2v) is 8.08. The topological polar surface area (TPSA) is 143 Å². The minimum atomic E-state index is -4.34. The lowest BCUT2D eigenvalue weighted by Crippen LogP contribution is -2.39. The molecule has 12 heteroatoms. The molecule has 3 amide bonds. The van der Waals surface area contributed by atoms with Gasteiger partial charge in [-0.3, -0.25) is 19.2 Å². The number of amides is 3. The zero-order valence-corrected chi connectivity index (χ0v) is 15.4. The number of nitrogens with one attached hydrogen (secondary N) is 1. The highest BCUT2D eigenvalue weighted by Crippen LogP contribution is 2.75. The quantitative estimate of drug-likeness (QED) is 0.525. The Labute approximate surface area is 135 Å². The lowest BCUT2D eigenvalue weighted by atomic mass is 10.7. The van der Waals surface area contributed by atoms with Gasteiger partial charge in [0.2, 0.25) is 0 Å². The number of hydrogen-bond acceptors (Lipinski definition) is 8. The van der Waals surface area contributed by atoms with Crippen LogP contribution in [-0.2, 0) is 32.0 Å². The van der Waals surface area contributed by atoms with Crippen LogP contribution in [-0.4, -0.2) is 38.4 Å². The molecule has 0 bridgehead atoms. The predicted octanol–water partition coefficient (Wildman–Crippen LogP) is 2.20. The molecule has 0 heterocycles. The minimum absolute atomic E-state index is 0.108. The van der Waals surface area contributed by atoms with Crippen LogP contribution in [0.4, 0.5) is 4.79 Å². The van der Waals surface area contributed by atoms with Crippen LogP contribution in [0.1, 0.15) is 27.7 Å². The second kappa shape index (κ2) is 10.2. The van der Waals surface area contributed by atoms with Gasteiger partial charge in [-0.25, -0.2) is 4.79 Å². The summed E-state index contributed by atoms with van der Waals surface area (Å²) in [6, 6.07) is -1.23. The predicted molar refractivity (Wildman–Crippen MR) is 82.7 cm³/mol. The molecule has 0 aliphatic rings. The lowest BCUT2D eigenvalue weighted by Gasteiger charge is -2.28. The summed E-state index contributed by atoms with van der Waals surface area (Å²) in [6.45, 7) is 5.57. The maximum atomic E-state index is 12.9. The molecule has 0 aliphatic heterocycles. The molecule has 0 rings (SSSR count). The van der Waals surface area contributed by atoms with Crippen LogP contribution in [0, 0.1) is 5.40 Å². The maximum Gasteiger partial charge on any atom is 0.361 e. The van der Waals surface area contributed by atoms with Gasteiger partial charge in [0.1, 0.15) is 0 Å². The Bertz CT molecular complexity index is 448. The van der Waals surface area contributed by atoms with Crippen molar-refractivity contribution in [3.8, 4) is 0 Å². The van der Waals surface area contributed by atoms with Gasteiger partial charge >= 0.3 is 21.2 Å². The molecule has 1 radical (unpaired) electrons. The summed E-state index contributed by atoms with van der Waals surface area (Å²) >= 11 is 0. The van der Waals surface area contributed by atoms with E-state index in [0.717, 1.165) is 0 Å². The molecule has 0 saturated carbocycles. The fraction of sp³-hybridized carbons (Fsp3) is 0.727. The first-order chi connectivity index (χ1) is 10.7. The average Bonchev–Trinajstić information content (AvgIpc) is 2.38. The third-order valence-corrected chi connectivity index (χ3v) is 7.46. The Morgan fingerprint density at radius 2 is 1.13 bits per heavy atom. The molecule has 10 nitrogen and oxygen atoms in total. The number of rotatable bonds is 11. The number of hydrogen-bond donors (Lipinski definition) is 2. The number of carbonyl (C=O) groups excluding carboxylic acids is 2. The van der Waals surface area contributed by atoms with Gasteiger partial charge in [0.25, 0.3) is 11.3 Å². The van der Waals surface area contributed by atoms with Crippen molar-refractivity contribution >= 4 is 27.1 Å². The van der Waals surface area contributed by atoms with Crippen LogP contribution in [0.5, 0.6) is 0 Å². The minimum Gasteiger partial charge on any atom is -0.351 e. The third-order valence-electron chi connectivity index (χ3n) is 2.15. The van der Waals surface area contributed by atoms with Crippen molar-refractivity contribution in [3.63, 3.8) is 0 Å². The Balaban J connectivity index is 6.04. The Morgan fingerprint density at radius 1 is 0.826 bits per heavy atom. The largest absolute Gasteiger partial charge is 0.361 e. The number of imide groups is 1. The van der Waals surface area contributed by atoms with Crippen molar-refractivity contribution in [1.82, 2.24) is 5.32 Å². The standard InChI is InChI=1S/C11H23N2O8P2/c1-5-18-22(16,19-6-2)10(9(14)13-11(12)15)23(17,20-7-3)21-8-4/h5-8H2,1-4H3,(H3,12,13,14,15). The second-order valence-electron chi connectivity index (χ2n) is 3.81. The summed E-state index contributed by atoms with van der Waals surface area (Å²) in [5.41, 5.74) is 4.89. The zero-order chi connectivity index (χ0) is 18.1. The van der Waals surface area contributed by atoms with Gasteiger partial charge in [0.05, 0.1) is 26.4 Å². The van der Waals surface area contributed by atoms with Crippen molar-refractivity contribution in [2.24, 2.45) is 5.73 Å². The summed E-state index contributed by atoms with van der Waals surface area (Å²) in [7, 11) is -8.68. The number of carbonyl (C=O) groups is 2. The third kappa shape index (κ3) is 6.33. The van der Waals surface area contributed by atoms with Crippen molar-refractivity contribution in [1.29, 1.82) is 0 Å². The van der Waals surface area contributed by atoms with E-state index in [1.807, 2.05) is 0 Å². The van der Waals surface area contributed by atoms with E-state index in [1.165, 1.54) is 27.7 Å². The van der Waals surface area contributed by atoms with E-state index < -0.39 is 32.5 Å². The van der Waals surface area contributed by atoms with E-state index in [4.69, 9.17) is 23.8 Å². The first-order valence-corrected chi connectivity index (χ1v) is 10.1. The molecular weight excluding hydrogens is 350 g/mol. The van der Waals surface area contributed by atoms with E-state index in [-0.39, 0.29) is 26.4 Å². The van der Waals surface area contributed by atoms with Crippen LogP contribution in [0.2, 0.25) is 0 Å². The van der Waals surface area contributed by atoms with Crippen molar-refractivity contribution in [2.75, 3.05) is 26.4 Å². The van der Waals surface area contributed by atoms with Gasteiger partial charge in [-0.1, -0.05) is 0 Å². The fourth-order valence-corrected chi connectivity index (χ4v) is 6.07. The molecule has 0 aromatic carbocycles. The van der Waals surface area contributed by atoms with Crippen LogP contribution < -0.4 is 11.1 Å². The molecule has 0 aromatic heterocycles. The van der Waals surface area contributed by atoms with Gasteiger partial charge in [0, 0.05) is 0 Å². The van der Waals surface area contributed by atoms with Gasteiger partial charge in [-0.15, -0.1) is 0 Å². The van der Waals surface area contributed by atoms with Gasteiger partial charge in [0.15, 0.2) is 0 Å². The number of nitrogens with two attached hydrogens (primary N) is 1.